The van der Waals surface area contributed by atoms with Gasteiger partial charge in [0.1, 0.15) is 17.3 Å². The molecule has 2 aromatic heterocycles. The van der Waals surface area contributed by atoms with Crippen LogP contribution in [0.4, 0.5) is 10.2 Å². The SMILES string of the molecule is CC(C)(C)[C@@H](CO)n1cc([C]=O)c(=O)c2cc(Cc3cccc(Cl)c3F)c(NCCCN3CCOCC3)nc21. The van der Waals surface area contributed by atoms with E-state index in [0.717, 1.165) is 39.3 Å². The van der Waals surface area contributed by atoms with Gasteiger partial charge < -0.3 is 19.7 Å². The maximum Gasteiger partial charge on any atom is 0.239 e. The van der Waals surface area contributed by atoms with Crippen LogP contribution in [-0.2, 0) is 16.0 Å². The van der Waals surface area contributed by atoms with Crippen molar-refractivity contribution in [1.29, 1.82) is 0 Å². The van der Waals surface area contributed by atoms with E-state index in [4.69, 9.17) is 21.3 Å². The lowest BCUT2D eigenvalue weighted by atomic mass is 9.86. The Kier molecular flexibility index (Phi) is 9.38. The molecule has 1 aromatic carbocycles. The van der Waals surface area contributed by atoms with Crippen molar-refractivity contribution in [3.63, 3.8) is 0 Å². The van der Waals surface area contributed by atoms with Crippen molar-refractivity contribution in [3.8, 4) is 0 Å². The molecule has 0 bridgehead atoms. The maximum atomic E-state index is 14.9. The summed E-state index contributed by atoms with van der Waals surface area (Å²) in [4.78, 5) is 32.1. The summed E-state index contributed by atoms with van der Waals surface area (Å²) >= 11 is 6.03. The molecule has 1 atom stereocenters. The second kappa shape index (κ2) is 12.6. The van der Waals surface area contributed by atoms with Crippen LogP contribution in [0.1, 0.15) is 49.9 Å². The van der Waals surface area contributed by atoms with Gasteiger partial charge in [-0.15, -0.1) is 0 Å². The van der Waals surface area contributed by atoms with Gasteiger partial charge in [-0.3, -0.25) is 14.5 Å². The summed E-state index contributed by atoms with van der Waals surface area (Å²) in [7, 11) is 0. The van der Waals surface area contributed by atoms with Gasteiger partial charge in [0.15, 0.2) is 0 Å². The molecule has 209 valence electrons. The van der Waals surface area contributed by atoms with Crippen molar-refractivity contribution in [2.45, 2.75) is 39.7 Å². The molecule has 0 saturated carbocycles. The number of rotatable bonds is 10. The molecule has 0 spiro atoms. The average molecular weight is 558 g/mol. The number of halogens is 2. The molecule has 8 nitrogen and oxygen atoms in total. The monoisotopic (exact) mass is 557 g/mol. The molecule has 1 fully saturated rings. The van der Waals surface area contributed by atoms with E-state index in [1.165, 1.54) is 12.3 Å². The first-order valence-electron chi connectivity index (χ1n) is 13.2. The van der Waals surface area contributed by atoms with Crippen LogP contribution in [0.15, 0.2) is 35.3 Å². The van der Waals surface area contributed by atoms with Gasteiger partial charge in [-0.1, -0.05) is 44.5 Å². The fourth-order valence-corrected chi connectivity index (χ4v) is 5.11. The van der Waals surface area contributed by atoms with Crippen molar-refractivity contribution in [3.05, 3.63) is 68.2 Å². The number of hydrogen-bond acceptors (Lipinski definition) is 7. The fourth-order valence-electron chi connectivity index (χ4n) is 4.91. The molecule has 1 radical (unpaired) electrons. The van der Waals surface area contributed by atoms with E-state index < -0.39 is 22.7 Å². The van der Waals surface area contributed by atoms with Gasteiger partial charge in [-0.2, -0.15) is 0 Å². The standard InChI is InChI=1S/C29H35ClFN4O4/c1-29(2,3)24(18-37)35-16-21(17-36)26(38)22-15-20(14-19-6-4-7-23(30)25(19)31)27(33-28(22)35)32-8-5-9-34-10-12-39-13-11-34/h4,6-7,15-16,24,37H,5,8-14,18H2,1-3H3,(H,32,33)/t24-/m1/s1. The number of morpholine rings is 1. The summed E-state index contributed by atoms with van der Waals surface area (Å²) in [5.74, 6) is -0.0246. The predicted molar refractivity (Wildman–Crippen MR) is 151 cm³/mol. The van der Waals surface area contributed by atoms with Crippen molar-refractivity contribution < 1.29 is 19.0 Å². The number of aliphatic hydroxyl groups excluding tert-OH is 1. The zero-order valence-corrected chi connectivity index (χ0v) is 23.4. The molecule has 1 saturated heterocycles. The largest absolute Gasteiger partial charge is 0.394 e. The molecule has 0 amide bonds. The van der Waals surface area contributed by atoms with Gasteiger partial charge in [0.05, 0.1) is 41.8 Å². The second-order valence-corrected chi connectivity index (χ2v) is 11.3. The molecule has 39 heavy (non-hydrogen) atoms. The molecular formula is C29H35ClFN4O4. The minimum absolute atomic E-state index is 0.0115. The van der Waals surface area contributed by atoms with Crippen LogP contribution < -0.4 is 10.7 Å². The summed E-state index contributed by atoms with van der Waals surface area (Å²) in [5.41, 5.74) is 0.213. The summed E-state index contributed by atoms with van der Waals surface area (Å²) in [6.07, 6.45) is 4.13. The van der Waals surface area contributed by atoms with Crippen molar-refractivity contribution in [1.82, 2.24) is 14.5 Å². The Morgan fingerprint density at radius 2 is 2.00 bits per heavy atom. The quantitative estimate of drug-likeness (QED) is 0.364. The van der Waals surface area contributed by atoms with Crippen LogP contribution in [-0.4, -0.2) is 71.8 Å². The Labute approximate surface area is 232 Å². The minimum atomic E-state index is -0.530. The topological polar surface area (TPSA) is 96.7 Å². The van der Waals surface area contributed by atoms with Crippen molar-refractivity contribution in [2.75, 3.05) is 51.3 Å². The van der Waals surface area contributed by atoms with Crippen LogP contribution in [0.2, 0.25) is 5.02 Å². The molecule has 1 aliphatic rings. The van der Waals surface area contributed by atoms with Crippen LogP contribution in [0.25, 0.3) is 11.0 Å². The van der Waals surface area contributed by atoms with E-state index in [2.05, 4.69) is 10.2 Å². The smallest absolute Gasteiger partial charge is 0.239 e. The lowest BCUT2D eigenvalue weighted by Crippen LogP contribution is -2.37. The third kappa shape index (κ3) is 6.66. The molecule has 3 heterocycles. The summed E-state index contributed by atoms with van der Waals surface area (Å²) in [6.45, 7) is 10.4. The number of aliphatic hydroxyl groups is 1. The fraction of sp³-hybridized carbons (Fsp3) is 0.483. The highest BCUT2D eigenvalue weighted by Gasteiger charge is 2.28. The number of pyridine rings is 2. The number of hydrogen-bond donors (Lipinski definition) is 2. The lowest BCUT2D eigenvalue weighted by molar-refractivity contribution is 0.0378. The predicted octanol–water partition coefficient (Wildman–Crippen LogP) is 3.95. The van der Waals surface area contributed by atoms with E-state index in [1.807, 2.05) is 20.8 Å². The number of aromatic nitrogens is 2. The first kappa shape index (κ1) is 29.1. The highest BCUT2D eigenvalue weighted by molar-refractivity contribution is 6.30. The van der Waals surface area contributed by atoms with Gasteiger partial charge in [0.2, 0.25) is 11.7 Å². The Hall–Kier alpha value is -2.85. The first-order chi connectivity index (χ1) is 18.6. The van der Waals surface area contributed by atoms with Crippen molar-refractivity contribution in [2.24, 2.45) is 5.41 Å². The van der Waals surface area contributed by atoms with Gasteiger partial charge in [0.25, 0.3) is 0 Å². The van der Waals surface area contributed by atoms with Crippen LogP contribution in [0.5, 0.6) is 0 Å². The zero-order valence-electron chi connectivity index (χ0n) is 22.6. The number of nitrogens with one attached hydrogen (secondary N) is 1. The normalized spacial score (nSPS) is 15.4. The van der Waals surface area contributed by atoms with Gasteiger partial charge >= 0.3 is 0 Å². The van der Waals surface area contributed by atoms with E-state index in [-0.39, 0.29) is 29.0 Å². The minimum Gasteiger partial charge on any atom is -0.394 e. The molecule has 1 aliphatic heterocycles. The van der Waals surface area contributed by atoms with Gasteiger partial charge in [-0.25, -0.2) is 9.37 Å². The number of nitrogens with zero attached hydrogens (tertiary/aromatic N) is 3. The molecule has 10 heteroatoms. The third-order valence-corrected chi connectivity index (χ3v) is 7.45. The van der Waals surface area contributed by atoms with E-state index >= 15 is 0 Å². The van der Waals surface area contributed by atoms with Crippen molar-refractivity contribution >= 4 is 34.7 Å². The molecule has 0 unspecified atom stereocenters. The molecule has 4 rings (SSSR count). The number of carbonyl (C=O) groups excluding carboxylic acids is 1. The van der Waals surface area contributed by atoms with Gasteiger partial charge in [-0.05, 0) is 41.6 Å². The second-order valence-electron chi connectivity index (χ2n) is 10.9. The lowest BCUT2D eigenvalue weighted by Gasteiger charge is -2.32. The van der Waals surface area contributed by atoms with Crippen LogP contribution >= 0.6 is 11.6 Å². The van der Waals surface area contributed by atoms with E-state index in [9.17, 15) is 19.1 Å². The van der Waals surface area contributed by atoms with Crippen LogP contribution in [0, 0.1) is 11.2 Å². The number of benzene rings is 1. The molecular weight excluding hydrogens is 523 g/mol. The van der Waals surface area contributed by atoms with E-state index in [0.29, 0.717) is 29.1 Å². The molecule has 3 aromatic rings. The molecule has 0 aliphatic carbocycles. The summed E-state index contributed by atoms with van der Waals surface area (Å²) in [5, 5.41) is 13.9. The Bertz CT molecular complexity index is 1380. The number of anilines is 1. The Morgan fingerprint density at radius 3 is 2.67 bits per heavy atom. The van der Waals surface area contributed by atoms with E-state index in [1.54, 1.807) is 29.1 Å². The highest BCUT2D eigenvalue weighted by Crippen LogP contribution is 2.33. The molecule has 2 N–H and O–H groups in total. The Morgan fingerprint density at radius 1 is 1.26 bits per heavy atom. The number of ether oxygens (including phenoxy) is 1. The Balaban J connectivity index is 1.79. The zero-order chi connectivity index (χ0) is 28.2. The average Bonchev–Trinajstić information content (AvgIpc) is 2.91. The first-order valence-corrected chi connectivity index (χ1v) is 13.6. The van der Waals surface area contributed by atoms with Crippen LogP contribution in [0.3, 0.4) is 0 Å². The third-order valence-electron chi connectivity index (χ3n) is 7.16. The maximum absolute atomic E-state index is 14.9. The highest BCUT2D eigenvalue weighted by atomic mass is 35.5. The summed E-state index contributed by atoms with van der Waals surface area (Å²) in [6, 6.07) is 5.99. The summed E-state index contributed by atoms with van der Waals surface area (Å²) < 4.78 is 22.0. The number of fused-ring (bicyclic) bond motifs is 1. The van der Waals surface area contributed by atoms with Gasteiger partial charge in [0, 0.05) is 32.3 Å².